The zero-order chi connectivity index (χ0) is 23.4. The molecular formula is C26H32N7O+. The lowest BCUT2D eigenvalue weighted by atomic mass is 9.72. The molecule has 176 valence electrons. The van der Waals surface area contributed by atoms with E-state index in [9.17, 15) is 5.21 Å². The van der Waals surface area contributed by atoms with E-state index in [4.69, 9.17) is 10.4 Å². The summed E-state index contributed by atoms with van der Waals surface area (Å²) in [5.74, 6) is 1.75. The van der Waals surface area contributed by atoms with Crippen LogP contribution < -0.4 is 10.2 Å². The first-order valence-corrected chi connectivity index (χ1v) is 12.1. The first kappa shape index (κ1) is 22.6. The maximum atomic E-state index is 13.9. The number of benzene rings is 1. The number of nitrogens with zero attached hydrogens (tertiary/aromatic N) is 5. The van der Waals surface area contributed by atoms with Crippen molar-refractivity contribution in [3.8, 4) is 0 Å². The molecule has 5 rings (SSSR count). The summed E-state index contributed by atoms with van der Waals surface area (Å²) < 4.78 is -0.157. The number of fused-ring (bicyclic) bond motifs is 1. The third kappa shape index (κ3) is 4.99. The normalized spacial score (nSPS) is 22.4. The molecule has 1 aromatic carbocycles. The Bertz CT molecular complexity index is 1190. The number of aromatic nitrogens is 3. The molecule has 8 heteroatoms. The van der Waals surface area contributed by atoms with Crippen molar-refractivity contribution < 1.29 is 9.96 Å². The number of piperidine rings is 2. The van der Waals surface area contributed by atoms with E-state index in [0.717, 1.165) is 67.0 Å². The largest absolute Gasteiger partial charge is 0.633 e. The van der Waals surface area contributed by atoms with Crippen LogP contribution in [0.3, 0.4) is 0 Å². The summed E-state index contributed by atoms with van der Waals surface area (Å²) in [6, 6.07) is 11.9. The van der Waals surface area contributed by atoms with Crippen molar-refractivity contribution in [2.45, 2.75) is 32.2 Å². The van der Waals surface area contributed by atoms with Crippen LogP contribution in [0.1, 0.15) is 31.2 Å². The average molecular weight is 459 g/mol. The fraction of sp³-hybridized carbons (Fsp3) is 0.385. The van der Waals surface area contributed by atoms with Gasteiger partial charge in [0.25, 0.3) is 0 Å². The van der Waals surface area contributed by atoms with Crippen molar-refractivity contribution in [3.63, 3.8) is 0 Å². The SMILES string of the molecule is N=C/C=C\[NH2+]c1cc(C[N+]2([O-])CCCC3(CCN(c4cnc5ccccc5n4)CC3)C2)ccn1. The Morgan fingerprint density at radius 3 is 2.76 bits per heavy atom. The summed E-state index contributed by atoms with van der Waals surface area (Å²) in [6.45, 7) is 3.68. The molecule has 2 saturated heterocycles. The van der Waals surface area contributed by atoms with Crippen molar-refractivity contribution >= 4 is 28.9 Å². The zero-order valence-electron chi connectivity index (χ0n) is 19.4. The van der Waals surface area contributed by atoms with E-state index >= 15 is 0 Å². The van der Waals surface area contributed by atoms with Gasteiger partial charge in [-0.15, -0.1) is 0 Å². The van der Waals surface area contributed by atoms with Crippen LogP contribution in [0.5, 0.6) is 0 Å². The monoisotopic (exact) mass is 458 g/mol. The highest BCUT2D eigenvalue weighted by molar-refractivity contribution is 5.75. The molecule has 0 bridgehead atoms. The van der Waals surface area contributed by atoms with Gasteiger partial charge in [-0.2, -0.15) is 0 Å². The Balaban J connectivity index is 1.24. The number of rotatable bonds is 6. The van der Waals surface area contributed by atoms with Crippen LogP contribution in [-0.2, 0) is 6.54 Å². The summed E-state index contributed by atoms with van der Waals surface area (Å²) in [4.78, 5) is 16.1. The van der Waals surface area contributed by atoms with E-state index in [1.807, 2.05) is 47.9 Å². The van der Waals surface area contributed by atoms with Gasteiger partial charge in [-0.05, 0) is 43.9 Å². The maximum absolute atomic E-state index is 13.9. The Morgan fingerprint density at radius 2 is 1.94 bits per heavy atom. The van der Waals surface area contributed by atoms with Crippen molar-refractivity contribution in [1.29, 1.82) is 5.41 Å². The van der Waals surface area contributed by atoms with Crippen LogP contribution in [0, 0.1) is 16.0 Å². The fourth-order valence-corrected chi connectivity index (χ4v) is 5.59. The molecule has 2 aliphatic heterocycles. The van der Waals surface area contributed by atoms with Gasteiger partial charge in [0.15, 0.2) is 0 Å². The summed E-state index contributed by atoms with van der Waals surface area (Å²) in [5.41, 5.74) is 2.98. The van der Waals surface area contributed by atoms with E-state index in [0.29, 0.717) is 19.6 Å². The summed E-state index contributed by atoms with van der Waals surface area (Å²) >= 11 is 0. The Labute approximate surface area is 200 Å². The highest BCUT2D eigenvalue weighted by Gasteiger charge is 2.43. The Morgan fingerprint density at radius 1 is 1.12 bits per heavy atom. The van der Waals surface area contributed by atoms with E-state index in [-0.39, 0.29) is 10.1 Å². The third-order valence-electron chi connectivity index (χ3n) is 7.27. The highest BCUT2D eigenvalue weighted by atomic mass is 16.5. The molecule has 8 nitrogen and oxygen atoms in total. The molecule has 1 atom stereocenters. The second-order valence-corrected chi connectivity index (χ2v) is 9.71. The molecule has 2 aromatic heterocycles. The molecule has 1 spiro atoms. The molecule has 2 fully saturated rings. The number of likely N-dealkylation sites (tertiary alicyclic amines) is 1. The van der Waals surface area contributed by atoms with Crippen molar-refractivity contribution in [3.05, 3.63) is 71.8 Å². The summed E-state index contributed by atoms with van der Waals surface area (Å²) in [7, 11) is 0. The van der Waals surface area contributed by atoms with E-state index in [1.165, 1.54) is 6.21 Å². The van der Waals surface area contributed by atoms with Gasteiger partial charge >= 0.3 is 0 Å². The molecule has 1 unspecified atom stereocenters. The van der Waals surface area contributed by atoms with Gasteiger partial charge in [-0.25, -0.2) is 9.97 Å². The maximum Gasteiger partial charge on any atom is 0.229 e. The molecule has 2 aliphatic rings. The number of anilines is 1. The lowest BCUT2D eigenvalue weighted by molar-refractivity contribution is -0.906. The van der Waals surface area contributed by atoms with Crippen LogP contribution >= 0.6 is 0 Å². The lowest BCUT2D eigenvalue weighted by Crippen LogP contribution is -2.71. The number of nitrogens with one attached hydrogen (secondary N) is 1. The zero-order valence-corrected chi connectivity index (χ0v) is 19.4. The molecule has 0 aliphatic carbocycles. The number of allylic oxidation sites excluding steroid dienone is 1. The number of hydroxylamine groups is 3. The first-order chi connectivity index (χ1) is 16.6. The minimum Gasteiger partial charge on any atom is -0.633 e. The van der Waals surface area contributed by atoms with Crippen LogP contribution in [0.15, 0.2) is 61.1 Å². The number of para-hydroxylation sites is 2. The van der Waals surface area contributed by atoms with Gasteiger partial charge < -0.3 is 20.2 Å². The van der Waals surface area contributed by atoms with E-state index < -0.39 is 0 Å². The quantitative estimate of drug-likeness (QED) is 0.335. The van der Waals surface area contributed by atoms with Crippen LogP contribution in [-0.4, -0.2) is 52.0 Å². The molecule has 34 heavy (non-hydrogen) atoms. The molecule has 0 radical (unpaired) electrons. The summed E-state index contributed by atoms with van der Waals surface area (Å²) in [6.07, 6.45) is 12.5. The van der Waals surface area contributed by atoms with Gasteiger partial charge in [-0.1, -0.05) is 12.1 Å². The van der Waals surface area contributed by atoms with E-state index in [2.05, 4.69) is 14.9 Å². The first-order valence-electron chi connectivity index (χ1n) is 12.1. The molecule has 0 amide bonds. The predicted molar refractivity (Wildman–Crippen MR) is 133 cm³/mol. The third-order valence-corrected chi connectivity index (χ3v) is 7.27. The number of nitrogens with two attached hydrogens (primary N) is 1. The van der Waals surface area contributed by atoms with Crippen LogP contribution in [0.25, 0.3) is 11.0 Å². The minimum atomic E-state index is -0.157. The fourth-order valence-electron chi connectivity index (χ4n) is 5.59. The molecule has 3 aromatic rings. The summed E-state index contributed by atoms with van der Waals surface area (Å²) in [5, 5.41) is 22.8. The van der Waals surface area contributed by atoms with E-state index in [1.54, 1.807) is 18.5 Å². The second kappa shape index (κ2) is 9.58. The minimum absolute atomic E-state index is 0.107. The van der Waals surface area contributed by atoms with Crippen molar-refractivity contribution in [2.24, 2.45) is 5.41 Å². The topological polar surface area (TPSA) is 105 Å². The molecular weight excluding hydrogens is 426 g/mol. The Kier molecular flexibility index (Phi) is 6.36. The van der Waals surface area contributed by atoms with Gasteiger partial charge in [-0.3, -0.25) is 10.3 Å². The lowest BCUT2D eigenvalue weighted by Gasteiger charge is -2.55. The smallest absolute Gasteiger partial charge is 0.229 e. The number of hydrogen-bond donors (Lipinski definition) is 2. The molecule has 4 heterocycles. The highest BCUT2D eigenvalue weighted by Crippen LogP contribution is 2.43. The average Bonchev–Trinajstić information content (AvgIpc) is 2.84. The van der Waals surface area contributed by atoms with Crippen LogP contribution in [0.4, 0.5) is 11.6 Å². The van der Waals surface area contributed by atoms with Crippen molar-refractivity contribution in [2.75, 3.05) is 31.1 Å². The molecule has 3 N–H and O–H groups in total. The van der Waals surface area contributed by atoms with Crippen molar-refractivity contribution in [1.82, 2.24) is 15.0 Å². The predicted octanol–water partition coefficient (Wildman–Crippen LogP) is 3.28. The molecule has 0 saturated carbocycles. The van der Waals surface area contributed by atoms with Gasteiger partial charge in [0.05, 0.1) is 30.3 Å². The van der Waals surface area contributed by atoms with Gasteiger partial charge in [0.1, 0.15) is 18.6 Å². The number of hydrogen-bond acceptors (Lipinski definition) is 6. The van der Waals surface area contributed by atoms with Crippen LogP contribution in [0.2, 0.25) is 0 Å². The second-order valence-electron chi connectivity index (χ2n) is 9.71. The number of quaternary nitrogens is 2. The Hall–Kier alpha value is -3.20. The standard InChI is InChI=1S/C26H31N7O/c27-11-4-12-28-24-17-21(7-13-29-24)19-33(34)16-3-8-26(20-33)9-14-32(15-10-26)25-18-30-22-5-1-2-6-23(22)31-25/h1-2,4-7,11-13,17-18,27H,3,8-10,14-16,19-20H2,(H,28,29)/p+1/b12-4-,27-11?. The van der Waals surface area contributed by atoms with Gasteiger partial charge in [0.2, 0.25) is 5.82 Å². The number of pyridine rings is 1. The van der Waals surface area contributed by atoms with Gasteiger partial charge in [0, 0.05) is 48.6 Å².